The largest absolute Gasteiger partial charge is 0.481 e. The normalized spacial score (nSPS) is 19.8. The lowest BCUT2D eigenvalue weighted by Crippen LogP contribution is -2.34. The van der Waals surface area contributed by atoms with Crippen LogP contribution < -0.4 is 10.2 Å². The molecule has 0 radical (unpaired) electrons. The molecule has 0 heterocycles. The Hall–Kier alpha value is -1.36. The van der Waals surface area contributed by atoms with Crippen molar-refractivity contribution in [3.05, 3.63) is 28.7 Å². The first-order valence-electron chi connectivity index (χ1n) is 7.32. The van der Waals surface area contributed by atoms with Crippen molar-refractivity contribution >= 4 is 27.5 Å². The Morgan fingerprint density at radius 3 is 2.57 bits per heavy atom. The number of amides is 1. The van der Waals surface area contributed by atoms with E-state index in [9.17, 15) is 4.79 Å². The van der Waals surface area contributed by atoms with E-state index >= 15 is 0 Å². The van der Waals surface area contributed by atoms with Gasteiger partial charge in [0.15, 0.2) is 6.10 Å². The number of carbonyl (C=O) groups excluding carboxylic acids is 1. The van der Waals surface area contributed by atoms with Crippen molar-refractivity contribution in [1.82, 2.24) is 5.43 Å². The summed E-state index contributed by atoms with van der Waals surface area (Å²) in [5, 5.41) is 4.22. The van der Waals surface area contributed by atoms with Crippen LogP contribution in [0.2, 0.25) is 0 Å². The number of halogens is 1. The van der Waals surface area contributed by atoms with Crippen molar-refractivity contribution in [2.75, 3.05) is 0 Å². The highest BCUT2D eigenvalue weighted by Crippen LogP contribution is 2.21. The molecule has 21 heavy (non-hydrogen) atoms. The van der Waals surface area contributed by atoms with E-state index in [1.807, 2.05) is 24.3 Å². The zero-order valence-corrected chi connectivity index (χ0v) is 14.0. The van der Waals surface area contributed by atoms with E-state index in [1.165, 1.54) is 0 Å². The average molecular weight is 353 g/mol. The fourth-order valence-electron chi connectivity index (χ4n) is 2.20. The number of hydrazone groups is 1. The van der Waals surface area contributed by atoms with Crippen LogP contribution in [0.3, 0.4) is 0 Å². The van der Waals surface area contributed by atoms with Crippen LogP contribution in [-0.2, 0) is 4.79 Å². The number of hydrogen-bond donors (Lipinski definition) is 1. The summed E-state index contributed by atoms with van der Waals surface area (Å²) in [4.78, 5) is 12.0. The van der Waals surface area contributed by atoms with Crippen molar-refractivity contribution in [1.29, 1.82) is 0 Å². The van der Waals surface area contributed by atoms with Gasteiger partial charge in [-0.2, -0.15) is 5.10 Å². The molecule has 1 aromatic carbocycles. The standard InChI is InChI=1S/C16H21BrN2O2/c1-11-3-7-14(8-4-11)18-19-16(20)12(2)21-15-9-5-13(17)6-10-15/h5-6,9-12H,3-4,7-8H2,1-2H3,(H,19,20)/t11?,12-/m0/s1. The number of nitrogens with one attached hydrogen (secondary N) is 1. The molecule has 4 nitrogen and oxygen atoms in total. The molecule has 1 N–H and O–H groups in total. The Bertz CT molecular complexity index is 504. The SMILES string of the molecule is CC1CCC(=NNC(=O)[C@H](C)Oc2ccc(Br)cc2)CC1. The molecule has 114 valence electrons. The number of hydrogen-bond acceptors (Lipinski definition) is 3. The fourth-order valence-corrected chi connectivity index (χ4v) is 2.47. The number of rotatable bonds is 4. The van der Waals surface area contributed by atoms with E-state index < -0.39 is 6.10 Å². The highest BCUT2D eigenvalue weighted by Gasteiger charge is 2.16. The topological polar surface area (TPSA) is 50.7 Å². The van der Waals surface area contributed by atoms with Gasteiger partial charge in [0, 0.05) is 10.2 Å². The van der Waals surface area contributed by atoms with Gasteiger partial charge in [-0.1, -0.05) is 22.9 Å². The van der Waals surface area contributed by atoms with Gasteiger partial charge in [0.25, 0.3) is 5.91 Å². The third-order valence-electron chi connectivity index (χ3n) is 3.67. The summed E-state index contributed by atoms with van der Waals surface area (Å²) < 4.78 is 6.56. The predicted molar refractivity (Wildman–Crippen MR) is 87.4 cm³/mol. The summed E-state index contributed by atoms with van der Waals surface area (Å²) in [7, 11) is 0. The van der Waals surface area contributed by atoms with E-state index in [2.05, 4.69) is 33.4 Å². The molecular weight excluding hydrogens is 332 g/mol. The second-order valence-corrected chi connectivity index (χ2v) is 6.47. The van der Waals surface area contributed by atoms with Gasteiger partial charge in [0.1, 0.15) is 5.75 Å². The van der Waals surface area contributed by atoms with E-state index in [0.717, 1.165) is 41.8 Å². The van der Waals surface area contributed by atoms with Crippen LogP contribution >= 0.6 is 15.9 Å². The van der Waals surface area contributed by atoms with E-state index in [1.54, 1.807) is 6.92 Å². The lowest BCUT2D eigenvalue weighted by molar-refractivity contribution is -0.127. The monoisotopic (exact) mass is 352 g/mol. The van der Waals surface area contributed by atoms with Crippen LogP contribution in [-0.4, -0.2) is 17.7 Å². The van der Waals surface area contributed by atoms with Gasteiger partial charge >= 0.3 is 0 Å². The molecule has 5 heteroatoms. The van der Waals surface area contributed by atoms with Crippen LogP contribution in [0.4, 0.5) is 0 Å². The molecule has 2 rings (SSSR count). The van der Waals surface area contributed by atoms with Crippen LogP contribution in [0.5, 0.6) is 5.75 Å². The number of ether oxygens (including phenoxy) is 1. The van der Waals surface area contributed by atoms with Gasteiger partial charge in [0.05, 0.1) is 0 Å². The van der Waals surface area contributed by atoms with Crippen molar-refractivity contribution in [2.45, 2.75) is 45.6 Å². The molecule has 0 aromatic heterocycles. The second kappa shape index (κ2) is 7.59. The Morgan fingerprint density at radius 2 is 1.95 bits per heavy atom. The molecule has 1 aromatic rings. The maximum atomic E-state index is 12.0. The van der Waals surface area contributed by atoms with E-state index in [-0.39, 0.29) is 5.91 Å². The Morgan fingerprint density at radius 1 is 1.33 bits per heavy atom. The lowest BCUT2D eigenvalue weighted by atomic mass is 9.90. The fraction of sp³-hybridized carbons (Fsp3) is 0.500. The molecular formula is C16H21BrN2O2. The lowest BCUT2D eigenvalue weighted by Gasteiger charge is -2.19. The maximum Gasteiger partial charge on any atom is 0.280 e. The van der Waals surface area contributed by atoms with Crippen LogP contribution in [0, 0.1) is 5.92 Å². The molecule has 1 aliphatic rings. The highest BCUT2D eigenvalue weighted by atomic mass is 79.9. The van der Waals surface area contributed by atoms with Crippen molar-refractivity contribution in [3.63, 3.8) is 0 Å². The molecule has 0 unspecified atom stereocenters. The van der Waals surface area contributed by atoms with Gasteiger partial charge in [-0.3, -0.25) is 4.79 Å². The zero-order valence-electron chi connectivity index (χ0n) is 12.4. The first-order chi connectivity index (χ1) is 10.0. The number of carbonyl (C=O) groups is 1. The Labute approximate surface area is 134 Å². The van der Waals surface area contributed by atoms with Gasteiger partial charge in [-0.05, 0) is 62.8 Å². The summed E-state index contributed by atoms with van der Waals surface area (Å²) in [5.41, 5.74) is 3.69. The summed E-state index contributed by atoms with van der Waals surface area (Å²) >= 11 is 3.36. The van der Waals surface area contributed by atoms with Crippen molar-refractivity contribution < 1.29 is 9.53 Å². The molecule has 1 fully saturated rings. The minimum Gasteiger partial charge on any atom is -0.481 e. The summed E-state index contributed by atoms with van der Waals surface area (Å²) in [6.45, 7) is 3.98. The van der Waals surface area contributed by atoms with Crippen molar-refractivity contribution in [3.8, 4) is 5.75 Å². The summed E-state index contributed by atoms with van der Waals surface area (Å²) in [6.07, 6.45) is 3.68. The molecule has 1 saturated carbocycles. The molecule has 1 atom stereocenters. The predicted octanol–water partition coefficient (Wildman–Crippen LogP) is 3.90. The average Bonchev–Trinajstić information content (AvgIpc) is 2.48. The summed E-state index contributed by atoms with van der Waals surface area (Å²) in [6, 6.07) is 7.40. The third kappa shape index (κ3) is 5.16. The molecule has 1 amide bonds. The molecule has 0 bridgehead atoms. The maximum absolute atomic E-state index is 12.0. The quantitative estimate of drug-likeness (QED) is 0.835. The van der Waals surface area contributed by atoms with Crippen LogP contribution in [0.25, 0.3) is 0 Å². The van der Waals surface area contributed by atoms with Crippen molar-refractivity contribution in [2.24, 2.45) is 11.0 Å². The Kier molecular flexibility index (Phi) is 5.79. The molecule has 0 aliphatic heterocycles. The van der Waals surface area contributed by atoms with Gasteiger partial charge < -0.3 is 4.74 Å². The second-order valence-electron chi connectivity index (χ2n) is 5.55. The van der Waals surface area contributed by atoms with Crippen LogP contribution in [0.15, 0.2) is 33.8 Å². The number of nitrogens with zero attached hydrogens (tertiary/aromatic N) is 1. The van der Waals surface area contributed by atoms with E-state index in [0.29, 0.717) is 5.75 Å². The van der Waals surface area contributed by atoms with Crippen LogP contribution in [0.1, 0.15) is 39.5 Å². The smallest absolute Gasteiger partial charge is 0.280 e. The molecule has 0 spiro atoms. The Balaban J connectivity index is 1.82. The summed E-state index contributed by atoms with van der Waals surface area (Å²) in [5.74, 6) is 1.21. The molecule has 1 aliphatic carbocycles. The van der Waals surface area contributed by atoms with Gasteiger partial charge in [0.2, 0.25) is 0 Å². The minimum absolute atomic E-state index is 0.218. The minimum atomic E-state index is -0.571. The first kappa shape index (κ1) is 16.0. The van der Waals surface area contributed by atoms with Gasteiger partial charge in [-0.15, -0.1) is 0 Å². The molecule has 0 saturated heterocycles. The highest BCUT2D eigenvalue weighted by molar-refractivity contribution is 9.10. The third-order valence-corrected chi connectivity index (χ3v) is 4.20. The van der Waals surface area contributed by atoms with Gasteiger partial charge in [-0.25, -0.2) is 5.43 Å². The first-order valence-corrected chi connectivity index (χ1v) is 8.11. The number of benzene rings is 1. The zero-order chi connectivity index (χ0) is 15.2. The van der Waals surface area contributed by atoms with E-state index in [4.69, 9.17) is 4.74 Å².